The second-order valence-corrected chi connectivity index (χ2v) is 7.04. The summed E-state index contributed by atoms with van der Waals surface area (Å²) in [5.74, 6) is 2.57. The Morgan fingerprint density at radius 3 is 1.68 bits per heavy atom. The molecule has 0 radical (unpaired) electrons. The van der Waals surface area contributed by atoms with E-state index in [1.165, 1.54) is 0 Å². The molecule has 0 unspecified atom stereocenters. The van der Waals surface area contributed by atoms with E-state index in [-0.39, 0.29) is 0 Å². The second-order valence-electron chi connectivity index (χ2n) is 7.04. The second kappa shape index (κ2) is 7.84. The molecule has 0 bridgehead atoms. The summed E-state index contributed by atoms with van der Waals surface area (Å²) in [6.45, 7) is 7.75. The lowest BCUT2D eigenvalue weighted by molar-refractivity contribution is 0.603. The summed E-state index contributed by atoms with van der Waals surface area (Å²) in [6, 6.07) is 25.8. The van der Waals surface area contributed by atoms with Crippen LogP contribution < -0.4 is 0 Å². The highest BCUT2D eigenvalue weighted by Crippen LogP contribution is 2.32. The van der Waals surface area contributed by atoms with E-state index in [1.54, 1.807) is 12.2 Å². The van der Waals surface area contributed by atoms with Crippen molar-refractivity contribution < 1.29 is 4.42 Å². The summed E-state index contributed by atoms with van der Waals surface area (Å²) in [5.41, 5.74) is 4.44. The topological polar surface area (TPSA) is 51.8 Å². The van der Waals surface area contributed by atoms with Crippen molar-refractivity contribution in [1.82, 2.24) is 15.0 Å². The molecular formula is C27H19N3O. The lowest BCUT2D eigenvalue weighted by Gasteiger charge is -2.08. The normalized spacial score (nSPS) is 10.8. The highest BCUT2D eigenvalue weighted by molar-refractivity contribution is 5.93. The molecule has 31 heavy (non-hydrogen) atoms. The molecule has 3 aromatic carbocycles. The zero-order valence-electron chi connectivity index (χ0n) is 16.8. The molecule has 4 heteroatoms. The zero-order valence-corrected chi connectivity index (χ0v) is 16.8. The molecule has 0 spiro atoms. The predicted octanol–water partition coefficient (Wildman–Crippen LogP) is 6.90. The van der Waals surface area contributed by atoms with Gasteiger partial charge in [0.05, 0.1) is 0 Å². The molecule has 148 valence electrons. The van der Waals surface area contributed by atoms with Gasteiger partial charge in [0.15, 0.2) is 17.5 Å². The fourth-order valence-electron chi connectivity index (χ4n) is 3.57. The number of hydrogen-bond acceptors (Lipinski definition) is 4. The standard InChI is InChI=1S/C27H19N3O/c1-3-21-22-17-20(15-16-24(22)31-23(21)4-2)27-29-25(18-11-7-5-8-12-18)28-26(30-27)19-13-9-6-10-14-19/h3-17H,1-2H2. The monoisotopic (exact) mass is 401 g/mol. The van der Waals surface area contributed by atoms with Gasteiger partial charge in [0.2, 0.25) is 0 Å². The maximum atomic E-state index is 5.87. The molecule has 4 nitrogen and oxygen atoms in total. The van der Waals surface area contributed by atoms with Gasteiger partial charge in [-0.25, -0.2) is 15.0 Å². The van der Waals surface area contributed by atoms with Crippen LogP contribution in [0.5, 0.6) is 0 Å². The third kappa shape index (κ3) is 3.45. The van der Waals surface area contributed by atoms with E-state index in [0.29, 0.717) is 23.2 Å². The zero-order chi connectivity index (χ0) is 21.2. The van der Waals surface area contributed by atoms with Gasteiger partial charge in [-0.05, 0) is 24.3 Å². The minimum atomic E-state index is 0.603. The summed E-state index contributed by atoms with van der Waals surface area (Å²) in [5, 5.41) is 0.949. The summed E-state index contributed by atoms with van der Waals surface area (Å²) in [6.07, 6.45) is 3.48. The van der Waals surface area contributed by atoms with Crippen LogP contribution in [0.1, 0.15) is 11.3 Å². The van der Waals surface area contributed by atoms with Crippen LogP contribution in [0.25, 0.3) is 57.3 Å². The number of benzene rings is 3. The molecule has 5 aromatic rings. The maximum absolute atomic E-state index is 5.87. The molecule has 0 N–H and O–H groups in total. The van der Waals surface area contributed by atoms with Gasteiger partial charge in [-0.1, -0.05) is 79.9 Å². The minimum absolute atomic E-state index is 0.603. The maximum Gasteiger partial charge on any atom is 0.164 e. The van der Waals surface area contributed by atoms with Crippen molar-refractivity contribution in [3.8, 4) is 34.2 Å². The molecule has 0 fully saturated rings. The van der Waals surface area contributed by atoms with Crippen molar-refractivity contribution in [2.24, 2.45) is 0 Å². The Hall–Kier alpha value is -4.31. The fourth-order valence-corrected chi connectivity index (χ4v) is 3.57. The first kappa shape index (κ1) is 18.7. The molecular weight excluding hydrogens is 382 g/mol. The van der Waals surface area contributed by atoms with Crippen molar-refractivity contribution >= 4 is 23.1 Å². The Kier molecular flexibility index (Phi) is 4.73. The van der Waals surface area contributed by atoms with Gasteiger partial charge in [-0.3, -0.25) is 0 Å². The Labute approximate surface area is 180 Å². The van der Waals surface area contributed by atoms with E-state index < -0.39 is 0 Å². The van der Waals surface area contributed by atoms with E-state index in [4.69, 9.17) is 19.4 Å². The number of nitrogens with zero attached hydrogens (tertiary/aromatic N) is 3. The van der Waals surface area contributed by atoms with Crippen LogP contribution in [-0.2, 0) is 0 Å². The van der Waals surface area contributed by atoms with E-state index >= 15 is 0 Å². The first-order valence-corrected chi connectivity index (χ1v) is 9.95. The fraction of sp³-hybridized carbons (Fsp3) is 0. The molecule has 2 heterocycles. The van der Waals surface area contributed by atoms with Gasteiger partial charge in [-0.15, -0.1) is 0 Å². The van der Waals surface area contributed by atoms with Crippen molar-refractivity contribution in [1.29, 1.82) is 0 Å². The number of rotatable bonds is 5. The highest BCUT2D eigenvalue weighted by Gasteiger charge is 2.15. The van der Waals surface area contributed by atoms with Gasteiger partial charge in [-0.2, -0.15) is 0 Å². The molecule has 0 atom stereocenters. The third-order valence-corrected chi connectivity index (χ3v) is 5.10. The molecule has 0 saturated carbocycles. The lowest BCUT2D eigenvalue weighted by atomic mass is 10.1. The van der Waals surface area contributed by atoms with Crippen molar-refractivity contribution in [2.45, 2.75) is 0 Å². The van der Waals surface area contributed by atoms with Crippen molar-refractivity contribution in [2.75, 3.05) is 0 Å². The van der Waals surface area contributed by atoms with E-state index in [9.17, 15) is 0 Å². The van der Waals surface area contributed by atoms with Gasteiger partial charge < -0.3 is 4.42 Å². The van der Waals surface area contributed by atoms with Gasteiger partial charge >= 0.3 is 0 Å². The van der Waals surface area contributed by atoms with Crippen LogP contribution in [0.4, 0.5) is 0 Å². The Balaban J connectivity index is 1.73. The van der Waals surface area contributed by atoms with E-state index in [1.807, 2.05) is 78.9 Å². The average molecular weight is 401 g/mol. The number of furan rings is 1. The van der Waals surface area contributed by atoms with Crippen molar-refractivity contribution in [3.63, 3.8) is 0 Å². The number of hydrogen-bond donors (Lipinski definition) is 0. The summed E-state index contributed by atoms with van der Waals surface area (Å²) >= 11 is 0. The Bertz CT molecular complexity index is 1350. The summed E-state index contributed by atoms with van der Waals surface area (Å²) < 4.78 is 5.87. The molecule has 0 aliphatic heterocycles. The van der Waals surface area contributed by atoms with E-state index in [2.05, 4.69) is 13.2 Å². The van der Waals surface area contributed by atoms with E-state index in [0.717, 1.165) is 33.2 Å². The number of fused-ring (bicyclic) bond motifs is 1. The first-order valence-electron chi connectivity index (χ1n) is 9.95. The van der Waals surface area contributed by atoms with Crippen LogP contribution in [-0.4, -0.2) is 15.0 Å². The largest absolute Gasteiger partial charge is 0.456 e. The average Bonchev–Trinajstić information content (AvgIpc) is 3.22. The van der Waals surface area contributed by atoms with Gasteiger partial charge in [0.1, 0.15) is 11.3 Å². The summed E-state index contributed by atoms with van der Waals surface area (Å²) in [7, 11) is 0. The Morgan fingerprint density at radius 2 is 1.16 bits per heavy atom. The molecule has 2 aromatic heterocycles. The van der Waals surface area contributed by atoms with Gasteiger partial charge in [0.25, 0.3) is 0 Å². The number of aromatic nitrogens is 3. The van der Waals surface area contributed by atoms with Crippen LogP contribution in [0, 0.1) is 0 Å². The highest BCUT2D eigenvalue weighted by atomic mass is 16.3. The predicted molar refractivity (Wildman–Crippen MR) is 126 cm³/mol. The Morgan fingerprint density at radius 1 is 0.613 bits per heavy atom. The molecule has 0 saturated heterocycles. The minimum Gasteiger partial charge on any atom is -0.456 e. The SMILES string of the molecule is C=Cc1oc2ccc(-c3nc(-c4ccccc4)nc(-c4ccccc4)n3)cc2c1C=C. The molecule has 0 amide bonds. The van der Waals surface area contributed by atoms with Gasteiger partial charge in [0, 0.05) is 27.6 Å². The molecule has 0 aliphatic rings. The molecule has 5 rings (SSSR count). The van der Waals surface area contributed by atoms with Crippen LogP contribution in [0.3, 0.4) is 0 Å². The van der Waals surface area contributed by atoms with Crippen LogP contribution in [0.15, 0.2) is 96.4 Å². The molecule has 0 aliphatic carbocycles. The first-order chi connectivity index (χ1) is 15.3. The smallest absolute Gasteiger partial charge is 0.164 e. The van der Waals surface area contributed by atoms with Crippen LogP contribution >= 0.6 is 0 Å². The lowest BCUT2D eigenvalue weighted by Crippen LogP contribution is -2.00. The third-order valence-electron chi connectivity index (χ3n) is 5.10. The van der Waals surface area contributed by atoms with Crippen LogP contribution in [0.2, 0.25) is 0 Å². The quantitative estimate of drug-likeness (QED) is 0.321. The summed E-state index contributed by atoms with van der Waals surface area (Å²) in [4.78, 5) is 14.3. The van der Waals surface area contributed by atoms with Crippen molar-refractivity contribution in [3.05, 3.63) is 103 Å².